The van der Waals surface area contributed by atoms with Gasteiger partial charge in [0.05, 0.1) is 0 Å². The van der Waals surface area contributed by atoms with E-state index in [1.807, 2.05) is 0 Å². The first-order valence-electron chi connectivity index (χ1n) is 7.15. The van der Waals surface area contributed by atoms with Gasteiger partial charge in [-0.3, -0.25) is 4.90 Å². The van der Waals surface area contributed by atoms with Crippen molar-refractivity contribution in [1.29, 1.82) is 0 Å². The fraction of sp³-hybridized carbons (Fsp3) is 0.625. The maximum Gasteiger partial charge on any atom is 0.0234 e. The Balaban J connectivity index is 1.96. The van der Waals surface area contributed by atoms with Gasteiger partial charge in [0.1, 0.15) is 0 Å². The number of nitrogens with two attached hydrogens (primary N) is 1. The summed E-state index contributed by atoms with van der Waals surface area (Å²) in [5.41, 5.74) is 9.11. The smallest absolute Gasteiger partial charge is 0.0234 e. The molecule has 1 aromatic carbocycles. The van der Waals surface area contributed by atoms with Crippen molar-refractivity contribution in [1.82, 2.24) is 4.90 Å². The van der Waals surface area contributed by atoms with Crippen molar-refractivity contribution in [3.05, 3.63) is 35.4 Å². The van der Waals surface area contributed by atoms with Crippen molar-refractivity contribution in [2.24, 2.45) is 11.1 Å². The van der Waals surface area contributed by atoms with Crippen molar-refractivity contribution >= 4 is 0 Å². The maximum absolute atomic E-state index is 5.86. The Kier molecular flexibility index (Phi) is 4.41. The lowest BCUT2D eigenvalue weighted by atomic mass is 9.90. The normalized spacial score (nSPS) is 24.6. The lowest BCUT2D eigenvalue weighted by molar-refractivity contribution is 0.274. The Bertz CT molecular complexity index is 388. The van der Waals surface area contributed by atoms with Crippen LogP contribution >= 0.6 is 0 Å². The molecule has 0 bridgehead atoms. The van der Waals surface area contributed by atoms with Gasteiger partial charge in [-0.2, -0.15) is 0 Å². The molecule has 18 heavy (non-hydrogen) atoms. The molecular weight excluding hydrogens is 220 g/mol. The molecule has 0 radical (unpaired) electrons. The van der Waals surface area contributed by atoms with E-state index >= 15 is 0 Å². The summed E-state index contributed by atoms with van der Waals surface area (Å²) in [6.07, 6.45) is 3.64. The van der Waals surface area contributed by atoms with Gasteiger partial charge in [-0.05, 0) is 42.5 Å². The van der Waals surface area contributed by atoms with Gasteiger partial charge in [-0.25, -0.2) is 0 Å². The maximum atomic E-state index is 5.86. The van der Waals surface area contributed by atoms with E-state index in [4.69, 9.17) is 5.73 Å². The summed E-state index contributed by atoms with van der Waals surface area (Å²) in [6, 6.07) is 9.04. The first-order valence-corrected chi connectivity index (χ1v) is 7.15. The minimum atomic E-state index is 0.334. The quantitative estimate of drug-likeness (QED) is 0.865. The summed E-state index contributed by atoms with van der Waals surface area (Å²) in [5, 5.41) is 0. The first kappa shape index (κ1) is 13.6. The van der Waals surface area contributed by atoms with Gasteiger partial charge in [-0.15, -0.1) is 0 Å². The third-order valence-corrected chi connectivity index (χ3v) is 4.07. The van der Waals surface area contributed by atoms with E-state index in [2.05, 4.69) is 43.0 Å². The summed E-state index contributed by atoms with van der Waals surface area (Å²) in [4.78, 5) is 2.54. The summed E-state index contributed by atoms with van der Waals surface area (Å²) in [5.74, 6) is 0. The van der Waals surface area contributed by atoms with Gasteiger partial charge in [0.25, 0.3) is 0 Å². The van der Waals surface area contributed by atoms with Crippen LogP contribution in [0.5, 0.6) is 0 Å². The molecule has 1 saturated heterocycles. The van der Waals surface area contributed by atoms with E-state index in [0.717, 1.165) is 19.6 Å². The van der Waals surface area contributed by atoms with Gasteiger partial charge in [0.2, 0.25) is 0 Å². The molecule has 0 saturated carbocycles. The second kappa shape index (κ2) is 5.85. The molecule has 1 aliphatic heterocycles. The third-order valence-electron chi connectivity index (χ3n) is 4.07. The lowest BCUT2D eigenvalue weighted by Gasteiger charge is -2.22. The second-order valence-electron chi connectivity index (χ2n) is 6.05. The lowest BCUT2D eigenvalue weighted by Crippen LogP contribution is -2.31. The summed E-state index contributed by atoms with van der Waals surface area (Å²) >= 11 is 0. The topological polar surface area (TPSA) is 29.3 Å². The Labute approximate surface area is 111 Å². The number of rotatable bonds is 5. The van der Waals surface area contributed by atoms with Crippen molar-refractivity contribution in [2.75, 3.05) is 19.6 Å². The molecule has 0 amide bonds. The van der Waals surface area contributed by atoms with Crippen LogP contribution in [0.1, 0.15) is 37.8 Å². The Morgan fingerprint density at radius 2 is 2.11 bits per heavy atom. The van der Waals surface area contributed by atoms with Crippen LogP contribution in [0.15, 0.2) is 24.3 Å². The average molecular weight is 246 g/mol. The second-order valence-corrected chi connectivity index (χ2v) is 6.05. The van der Waals surface area contributed by atoms with Gasteiger partial charge in [0.15, 0.2) is 0 Å². The molecule has 1 fully saturated rings. The van der Waals surface area contributed by atoms with Crippen LogP contribution in [-0.2, 0) is 13.0 Å². The van der Waals surface area contributed by atoms with E-state index in [1.54, 1.807) is 0 Å². The fourth-order valence-electron chi connectivity index (χ4n) is 2.86. The molecule has 2 rings (SSSR count). The molecule has 100 valence electrons. The average Bonchev–Trinajstić information content (AvgIpc) is 2.73. The molecule has 1 atom stereocenters. The highest BCUT2D eigenvalue weighted by Crippen LogP contribution is 2.29. The molecule has 1 aliphatic rings. The van der Waals surface area contributed by atoms with Gasteiger partial charge >= 0.3 is 0 Å². The van der Waals surface area contributed by atoms with Crippen molar-refractivity contribution in [3.8, 4) is 0 Å². The zero-order valence-electron chi connectivity index (χ0n) is 11.8. The van der Waals surface area contributed by atoms with Gasteiger partial charge in [-0.1, -0.05) is 44.5 Å². The Morgan fingerprint density at radius 1 is 1.33 bits per heavy atom. The Hall–Kier alpha value is -0.860. The zero-order valence-corrected chi connectivity index (χ0v) is 11.8. The predicted molar refractivity (Wildman–Crippen MR) is 77.5 cm³/mol. The largest absolute Gasteiger partial charge is 0.330 e. The predicted octanol–water partition coefficient (Wildman–Crippen LogP) is 2.81. The number of aryl methyl sites for hydroxylation is 1. The Morgan fingerprint density at radius 3 is 2.78 bits per heavy atom. The van der Waals surface area contributed by atoms with E-state index in [-0.39, 0.29) is 0 Å². The molecule has 2 nitrogen and oxygen atoms in total. The highest BCUT2D eigenvalue weighted by Gasteiger charge is 2.32. The van der Waals surface area contributed by atoms with E-state index in [0.29, 0.717) is 5.41 Å². The summed E-state index contributed by atoms with van der Waals surface area (Å²) in [6.45, 7) is 8.75. The van der Waals surface area contributed by atoms with Crippen LogP contribution in [0.25, 0.3) is 0 Å². The van der Waals surface area contributed by atoms with Crippen LogP contribution in [0.4, 0.5) is 0 Å². The third kappa shape index (κ3) is 3.33. The van der Waals surface area contributed by atoms with Crippen molar-refractivity contribution in [3.63, 3.8) is 0 Å². The van der Waals surface area contributed by atoms with Crippen molar-refractivity contribution in [2.45, 2.75) is 39.7 Å². The van der Waals surface area contributed by atoms with Gasteiger partial charge < -0.3 is 5.73 Å². The van der Waals surface area contributed by atoms with E-state index in [1.165, 1.54) is 36.9 Å². The highest BCUT2D eigenvalue weighted by molar-refractivity contribution is 5.23. The molecular formula is C16H26N2. The number of likely N-dealkylation sites (tertiary alicyclic amines) is 1. The molecule has 2 N–H and O–H groups in total. The highest BCUT2D eigenvalue weighted by atomic mass is 15.2. The summed E-state index contributed by atoms with van der Waals surface area (Å²) in [7, 11) is 0. The summed E-state index contributed by atoms with van der Waals surface area (Å²) < 4.78 is 0. The molecule has 1 heterocycles. The molecule has 1 unspecified atom stereocenters. The van der Waals surface area contributed by atoms with E-state index in [9.17, 15) is 0 Å². The molecule has 1 aromatic rings. The van der Waals surface area contributed by atoms with Crippen LogP contribution in [0.2, 0.25) is 0 Å². The van der Waals surface area contributed by atoms with Crippen LogP contribution in [0.3, 0.4) is 0 Å². The molecule has 0 aromatic heterocycles. The number of nitrogens with zero attached hydrogens (tertiary/aromatic N) is 1. The number of hydrogen-bond acceptors (Lipinski definition) is 2. The van der Waals surface area contributed by atoms with Crippen LogP contribution in [0, 0.1) is 5.41 Å². The molecule has 0 spiro atoms. The van der Waals surface area contributed by atoms with Crippen LogP contribution < -0.4 is 5.73 Å². The minimum absolute atomic E-state index is 0.334. The van der Waals surface area contributed by atoms with Crippen LogP contribution in [-0.4, -0.2) is 24.5 Å². The molecule has 0 aliphatic carbocycles. The van der Waals surface area contributed by atoms with Gasteiger partial charge in [0, 0.05) is 13.1 Å². The standard InChI is InChI=1S/C16H26N2/c1-3-5-14-6-4-7-15(10-14)11-18-9-8-16(2,12-17)13-18/h4,6-7,10H,3,5,8-9,11-13,17H2,1-2H3. The monoisotopic (exact) mass is 246 g/mol. The fourth-order valence-corrected chi connectivity index (χ4v) is 2.86. The number of benzene rings is 1. The SMILES string of the molecule is CCCc1cccc(CN2CCC(C)(CN)C2)c1. The first-order chi connectivity index (χ1) is 8.65. The molecule has 2 heteroatoms. The van der Waals surface area contributed by atoms with E-state index < -0.39 is 0 Å². The zero-order chi connectivity index (χ0) is 13.0. The van der Waals surface area contributed by atoms with Crippen molar-refractivity contribution < 1.29 is 0 Å². The minimum Gasteiger partial charge on any atom is -0.330 e. The number of hydrogen-bond donors (Lipinski definition) is 1.